The van der Waals surface area contributed by atoms with Gasteiger partial charge < -0.3 is 21.0 Å². The molecule has 2 aromatic rings. The molecule has 0 bridgehead atoms. The number of hydrogen-bond donors (Lipinski definition) is 4. The average molecular weight is 568 g/mol. The zero-order chi connectivity index (χ0) is 28.8. The lowest BCUT2D eigenvalue weighted by atomic mass is 9.77. The Morgan fingerprint density at radius 2 is 2.10 bits per heavy atom. The normalized spacial score (nSPS) is 22.1. The number of amidine groups is 1. The maximum Gasteiger partial charge on any atom is 0.320 e. The third-order valence-corrected chi connectivity index (χ3v) is 8.49. The Kier molecular flexibility index (Phi) is 9.26. The number of aliphatic carboxylic acids is 1. The van der Waals surface area contributed by atoms with Crippen molar-refractivity contribution in [3.05, 3.63) is 59.7 Å². The molecule has 2 heterocycles. The molecule has 2 atom stereocenters. The molecule has 10 nitrogen and oxygen atoms in total. The summed E-state index contributed by atoms with van der Waals surface area (Å²) in [7, 11) is -4.09. The van der Waals surface area contributed by atoms with Crippen LogP contribution in [-0.4, -0.2) is 62.0 Å². The maximum absolute atomic E-state index is 12.3. The minimum absolute atomic E-state index is 0.178. The number of nitrogens with two attached hydrogens (primary N) is 1. The molecule has 0 radical (unpaired) electrons. The van der Waals surface area contributed by atoms with Gasteiger partial charge in [0.05, 0.1) is 11.4 Å². The van der Waals surface area contributed by atoms with E-state index in [9.17, 15) is 13.2 Å². The van der Waals surface area contributed by atoms with Gasteiger partial charge in [-0.25, -0.2) is 8.42 Å². The summed E-state index contributed by atoms with van der Waals surface area (Å²) >= 11 is 0. The average Bonchev–Trinajstić information content (AvgIpc) is 2.93. The lowest BCUT2D eigenvalue weighted by Gasteiger charge is -2.42. The molecule has 5 N–H and O–H groups in total. The summed E-state index contributed by atoms with van der Waals surface area (Å²) in [5.74, 6) is -2.05. The van der Waals surface area contributed by atoms with Crippen molar-refractivity contribution in [2.24, 2.45) is 21.8 Å². The Hall–Kier alpha value is -3.70. The molecule has 1 fully saturated rings. The molecular formula is C29H37N5O5S. The van der Waals surface area contributed by atoms with Gasteiger partial charge in [0.2, 0.25) is 10.0 Å². The number of oxime groups is 1. The zero-order valence-corrected chi connectivity index (χ0v) is 23.7. The number of rotatable bonds is 10. The second-order valence-corrected chi connectivity index (χ2v) is 11.9. The van der Waals surface area contributed by atoms with E-state index in [-0.39, 0.29) is 17.4 Å². The first-order valence-corrected chi connectivity index (χ1v) is 15.2. The fourth-order valence-electron chi connectivity index (χ4n) is 5.31. The van der Waals surface area contributed by atoms with Gasteiger partial charge in [-0.2, -0.15) is 0 Å². The maximum atomic E-state index is 12.3. The fraction of sp³-hybridized carbons (Fsp3) is 0.414. The van der Waals surface area contributed by atoms with Crippen LogP contribution in [0.5, 0.6) is 0 Å². The Bertz CT molecular complexity index is 1440. The van der Waals surface area contributed by atoms with Gasteiger partial charge in [0.15, 0.2) is 17.2 Å². The predicted octanol–water partition coefficient (Wildman–Crippen LogP) is 3.84. The van der Waals surface area contributed by atoms with Crippen LogP contribution in [0, 0.1) is 5.92 Å². The minimum atomic E-state index is -4.09. The Morgan fingerprint density at radius 3 is 2.80 bits per heavy atom. The number of hydrogen-bond acceptors (Lipinski definition) is 7. The number of sulfonamides is 1. The van der Waals surface area contributed by atoms with E-state index < -0.39 is 27.3 Å². The lowest BCUT2D eigenvalue weighted by molar-refractivity contribution is -0.134. The van der Waals surface area contributed by atoms with E-state index in [0.717, 1.165) is 62.2 Å². The van der Waals surface area contributed by atoms with Crippen LogP contribution in [0.1, 0.15) is 50.7 Å². The van der Waals surface area contributed by atoms with Crippen LogP contribution in [-0.2, 0) is 19.7 Å². The summed E-state index contributed by atoms with van der Waals surface area (Å²) in [5, 5.41) is 16.8. The summed E-state index contributed by atoms with van der Waals surface area (Å²) in [6.45, 7) is 6.40. The highest BCUT2D eigenvalue weighted by Gasteiger charge is 2.46. The van der Waals surface area contributed by atoms with Gasteiger partial charge in [0.25, 0.3) is 0 Å². The number of carboxylic acids is 1. The largest absolute Gasteiger partial charge is 0.480 e. The second kappa shape index (κ2) is 12.6. The number of aliphatic imine (C=N–C) groups is 1. The molecule has 214 valence electrons. The van der Waals surface area contributed by atoms with Gasteiger partial charge in [0.1, 0.15) is 0 Å². The number of piperidine rings is 1. The molecule has 0 saturated carbocycles. The van der Waals surface area contributed by atoms with Gasteiger partial charge in [-0.3, -0.25) is 14.5 Å². The van der Waals surface area contributed by atoms with Gasteiger partial charge in [-0.15, -0.1) is 0 Å². The molecule has 0 spiro atoms. The highest BCUT2D eigenvalue weighted by atomic mass is 32.2. The van der Waals surface area contributed by atoms with E-state index in [1.165, 1.54) is 0 Å². The van der Waals surface area contributed by atoms with Crippen molar-refractivity contribution < 1.29 is 23.2 Å². The highest BCUT2D eigenvalue weighted by Crippen LogP contribution is 2.35. The molecule has 40 heavy (non-hydrogen) atoms. The van der Waals surface area contributed by atoms with E-state index >= 15 is 0 Å². The SMILES string of the molecule is C/C=C/c1c(NS(=O)(=O)CC(=O)O)cccc1-c1cccc(C(N)=NOC2(C3=NCCCC3)CCNCC2C)c1. The molecule has 2 unspecified atom stereocenters. The van der Waals surface area contributed by atoms with Crippen molar-refractivity contribution in [2.75, 3.05) is 30.1 Å². The lowest BCUT2D eigenvalue weighted by Crippen LogP contribution is -2.55. The molecule has 0 aromatic heterocycles. The third-order valence-electron chi connectivity index (χ3n) is 7.33. The number of nitrogens with one attached hydrogen (secondary N) is 2. The smallest absolute Gasteiger partial charge is 0.320 e. The summed E-state index contributed by atoms with van der Waals surface area (Å²) < 4.78 is 27.1. The minimum Gasteiger partial charge on any atom is -0.480 e. The topological polar surface area (TPSA) is 155 Å². The van der Waals surface area contributed by atoms with Crippen molar-refractivity contribution in [1.29, 1.82) is 0 Å². The number of benzene rings is 2. The first-order valence-electron chi connectivity index (χ1n) is 13.5. The summed E-state index contributed by atoms with van der Waals surface area (Å²) in [4.78, 5) is 22.1. The van der Waals surface area contributed by atoms with Crippen molar-refractivity contribution in [2.45, 2.75) is 45.1 Å². The number of allylic oxidation sites excluding steroid dienone is 1. The van der Waals surface area contributed by atoms with Crippen molar-refractivity contribution in [1.82, 2.24) is 5.32 Å². The molecule has 11 heteroatoms. The van der Waals surface area contributed by atoms with Crippen LogP contribution in [0.2, 0.25) is 0 Å². The summed E-state index contributed by atoms with van der Waals surface area (Å²) in [6, 6.07) is 12.6. The van der Waals surface area contributed by atoms with Gasteiger partial charge in [-0.05, 0) is 56.0 Å². The number of anilines is 1. The molecule has 2 aromatic carbocycles. The van der Waals surface area contributed by atoms with E-state index in [2.05, 4.69) is 22.1 Å². The first kappa shape index (κ1) is 29.3. The molecule has 0 aliphatic carbocycles. The van der Waals surface area contributed by atoms with E-state index in [4.69, 9.17) is 20.7 Å². The van der Waals surface area contributed by atoms with Crippen LogP contribution in [0.4, 0.5) is 5.69 Å². The van der Waals surface area contributed by atoms with Crippen LogP contribution in [0.15, 0.2) is 58.7 Å². The van der Waals surface area contributed by atoms with E-state index in [1.807, 2.05) is 37.3 Å². The van der Waals surface area contributed by atoms with Crippen LogP contribution in [0.3, 0.4) is 0 Å². The van der Waals surface area contributed by atoms with Crippen molar-refractivity contribution in [3.8, 4) is 11.1 Å². The first-order chi connectivity index (χ1) is 19.1. The molecule has 1 saturated heterocycles. The van der Waals surface area contributed by atoms with Crippen LogP contribution >= 0.6 is 0 Å². The summed E-state index contributed by atoms with van der Waals surface area (Å²) in [5.41, 5.74) is 9.99. The molecule has 2 aliphatic rings. The molecular weight excluding hydrogens is 530 g/mol. The highest BCUT2D eigenvalue weighted by molar-refractivity contribution is 7.93. The number of carbonyl (C=O) groups is 1. The monoisotopic (exact) mass is 567 g/mol. The Balaban J connectivity index is 1.66. The third kappa shape index (κ3) is 6.71. The predicted molar refractivity (Wildman–Crippen MR) is 159 cm³/mol. The number of carboxylic acid groups (broad SMARTS) is 1. The van der Waals surface area contributed by atoms with Crippen LogP contribution in [0.25, 0.3) is 17.2 Å². The molecule has 2 aliphatic heterocycles. The Labute approximate surface area is 235 Å². The molecule has 4 rings (SSSR count). The van der Waals surface area contributed by atoms with Gasteiger partial charge in [-0.1, -0.05) is 54.6 Å². The van der Waals surface area contributed by atoms with Crippen molar-refractivity contribution >= 4 is 39.3 Å². The summed E-state index contributed by atoms with van der Waals surface area (Å²) in [6.07, 6.45) is 7.40. The van der Waals surface area contributed by atoms with E-state index in [0.29, 0.717) is 11.1 Å². The quantitative estimate of drug-likeness (QED) is 0.193. The van der Waals surface area contributed by atoms with Crippen LogP contribution < -0.4 is 15.8 Å². The van der Waals surface area contributed by atoms with Gasteiger partial charge in [0, 0.05) is 36.6 Å². The fourth-order valence-corrected chi connectivity index (χ4v) is 6.22. The van der Waals surface area contributed by atoms with E-state index in [1.54, 1.807) is 24.3 Å². The number of nitrogens with zero attached hydrogens (tertiary/aromatic N) is 2. The standard InChI is InChI=1S/C29H37N5O5S/c1-3-8-24-23(11-7-12-25(24)34-40(37,38)19-27(35)36)21-9-6-10-22(17-21)28(30)33-39-29(14-16-31-18-20(29)2)26-13-4-5-15-32-26/h3,6-12,17,20,31,34H,4-5,13-16,18-19H2,1-2H3,(H2,30,33)(H,35,36)/b8-3+. The van der Waals surface area contributed by atoms with Gasteiger partial charge >= 0.3 is 5.97 Å². The molecule has 0 amide bonds. The second-order valence-electron chi connectivity index (χ2n) is 10.2. The zero-order valence-electron chi connectivity index (χ0n) is 22.9. The Morgan fingerprint density at radius 1 is 1.30 bits per heavy atom. The van der Waals surface area contributed by atoms with Crippen molar-refractivity contribution in [3.63, 3.8) is 0 Å².